The van der Waals surface area contributed by atoms with E-state index in [1.54, 1.807) is 12.1 Å². The van der Waals surface area contributed by atoms with Crippen molar-refractivity contribution < 1.29 is 15.0 Å². The molecule has 0 amide bonds. The Morgan fingerprint density at radius 1 is 1.37 bits per heavy atom. The summed E-state index contributed by atoms with van der Waals surface area (Å²) < 4.78 is 2.01. The maximum atomic E-state index is 11.4. The third kappa shape index (κ3) is 2.24. The second-order valence-electron chi connectivity index (χ2n) is 4.69. The molecule has 1 aromatic heterocycles. The van der Waals surface area contributed by atoms with Gasteiger partial charge in [0.25, 0.3) is 0 Å². The van der Waals surface area contributed by atoms with Gasteiger partial charge in [0.2, 0.25) is 0 Å². The summed E-state index contributed by atoms with van der Waals surface area (Å²) in [5, 5.41) is 19.4. The molecule has 0 aliphatic carbocycles. The van der Waals surface area contributed by atoms with Crippen LogP contribution in [0.25, 0.3) is 10.9 Å². The number of aromatic nitrogens is 1. The molecule has 0 unspecified atom stereocenters. The second-order valence-corrected chi connectivity index (χ2v) is 4.69. The number of hydrogen-bond donors (Lipinski definition) is 2. The van der Waals surface area contributed by atoms with Crippen molar-refractivity contribution in [3.8, 4) is 0 Å². The summed E-state index contributed by atoms with van der Waals surface area (Å²) in [6.45, 7) is 4.62. The highest BCUT2D eigenvalue weighted by atomic mass is 16.4. The molecule has 2 rings (SSSR count). The quantitative estimate of drug-likeness (QED) is 0.869. The molecule has 0 aliphatic rings. The van der Waals surface area contributed by atoms with Crippen LogP contribution in [0.5, 0.6) is 0 Å². The number of hydrogen-bond acceptors (Lipinski definition) is 2. The summed E-state index contributed by atoms with van der Waals surface area (Å²) in [6, 6.07) is 5.32. The number of carbonyl (C=O) groups is 1. The van der Waals surface area contributed by atoms with Gasteiger partial charge in [-0.1, -0.05) is 19.4 Å². The Morgan fingerprint density at radius 3 is 2.68 bits per heavy atom. The van der Waals surface area contributed by atoms with Crippen molar-refractivity contribution in [1.82, 2.24) is 4.57 Å². The topological polar surface area (TPSA) is 62.5 Å². The minimum absolute atomic E-state index is 0.0491. The zero-order valence-electron chi connectivity index (χ0n) is 11.3. The molecule has 0 saturated heterocycles. The van der Waals surface area contributed by atoms with Gasteiger partial charge >= 0.3 is 5.97 Å². The number of nitrogens with zero attached hydrogens (tertiary/aromatic N) is 1. The van der Waals surface area contributed by atoms with Crippen LogP contribution >= 0.6 is 0 Å². The molecule has 0 radical (unpaired) electrons. The van der Waals surface area contributed by atoms with E-state index in [-0.39, 0.29) is 6.61 Å². The first-order valence-corrected chi connectivity index (χ1v) is 6.56. The van der Waals surface area contributed by atoms with E-state index < -0.39 is 5.97 Å². The fourth-order valence-electron chi connectivity index (χ4n) is 2.73. The summed E-state index contributed by atoms with van der Waals surface area (Å²) in [7, 11) is 0. The van der Waals surface area contributed by atoms with Crippen LogP contribution in [0.1, 0.15) is 35.0 Å². The van der Waals surface area contributed by atoms with Gasteiger partial charge in [-0.3, -0.25) is 0 Å². The molecule has 1 aromatic carbocycles. The Labute approximate surface area is 112 Å². The largest absolute Gasteiger partial charge is 0.478 e. The van der Waals surface area contributed by atoms with Crippen molar-refractivity contribution in [1.29, 1.82) is 0 Å². The molecule has 102 valence electrons. The predicted octanol–water partition coefficient (Wildman–Crippen LogP) is 2.59. The Bertz CT molecular complexity index is 613. The van der Waals surface area contributed by atoms with E-state index in [0.29, 0.717) is 12.1 Å². The Hall–Kier alpha value is -1.81. The van der Waals surface area contributed by atoms with Crippen molar-refractivity contribution in [3.05, 3.63) is 35.0 Å². The summed E-state index contributed by atoms with van der Waals surface area (Å²) >= 11 is 0. The first-order valence-electron chi connectivity index (χ1n) is 6.56. The van der Waals surface area contributed by atoms with Gasteiger partial charge in [0.1, 0.15) is 0 Å². The Morgan fingerprint density at radius 2 is 2.11 bits per heavy atom. The molecule has 4 heteroatoms. The molecule has 19 heavy (non-hydrogen) atoms. The van der Waals surface area contributed by atoms with Crippen molar-refractivity contribution in [2.75, 3.05) is 6.61 Å². The van der Waals surface area contributed by atoms with E-state index >= 15 is 0 Å². The second kappa shape index (κ2) is 5.45. The molecule has 2 N–H and O–H groups in total. The van der Waals surface area contributed by atoms with Crippen LogP contribution in [-0.2, 0) is 13.0 Å². The number of aliphatic hydroxyl groups is 1. The van der Waals surface area contributed by atoms with E-state index in [4.69, 9.17) is 0 Å². The molecule has 2 aromatic rings. The molecule has 4 nitrogen and oxygen atoms in total. The number of carboxylic acids is 1. The monoisotopic (exact) mass is 261 g/mol. The van der Waals surface area contributed by atoms with E-state index in [2.05, 4.69) is 6.92 Å². The minimum atomic E-state index is -0.899. The first kappa shape index (κ1) is 13.6. The molecule has 0 fully saturated rings. The van der Waals surface area contributed by atoms with Crippen molar-refractivity contribution in [3.63, 3.8) is 0 Å². The average molecular weight is 261 g/mol. The van der Waals surface area contributed by atoms with Crippen molar-refractivity contribution in [2.24, 2.45) is 0 Å². The molecule has 0 aliphatic heterocycles. The number of aromatic carboxylic acids is 1. The normalized spacial score (nSPS) is 11.1. The van der Waals surface area contributed by atoms with Crippen LogP contribution in [0.2, 0.25) is 0 Å². The van der Waals surface area contributed by atoms with Gasteiger partial charge in [0.05, 0.1) is 12.2 Å². The van der Waals surface area contributed by atoms with Gasteiger partial charge in [-0.15, -0.1) is 0 Å². The van der Waals surface area contributed by atoms with E-state index in [0.717, 1.165) is 35.0 Å². The summed E-state index contributed by atoms with van der Waals surface area (Å²) in [6.07, 6.45) is 1.82. The molecule has 0 saturated carbocycles. The maximum Gasteiger partial charge on any atom is 0.336 e. The summed E-state index contributed by atoms with van der Waals surface area (Å²) in [4.78, 5) is 11.4. The third-order valence-electron chi connectivity index (χ3n) is 3.53. The van der Waals surface area contributed by atoms with Gasteiger partial charge < -0.3 is 14.8 Å². The number of carboxylic acid groups (broad SMARTS) is 1. The predicted molar refractivity (Wildman–Crippen MR) is 74.7 cm³/mol. The standard InChI is InChI=1S/C15H19NO3/c1-3-5-11-10(2)16(8-9-17)13-7-4-6-12(14(11)13)15(18)19/h4,6-7,17H,3,5,8-9H2,1-2H3,(H,18,19). The highest BCUT2D eigenvalue weighted by Crippen LogP contribution is 2.30. The van der Waals surface area contributed by atoms with Gasteiger partial charge in [-0.2, -0.15) is 0 Å². The Balaban J connectivity index is 2.81. The van der Waals surface area contributed by atoms with Gasteiger partial charge in [-0.05, 0) is 31.0 Å². The lowest BCUT2D eigenvalue weighted by atomic mass is 10.0. The minimum Gasteiger partial charge on any atom is -0.478 e. The molecule has 0 bridgehead atoms. The lowest BCUT2D eigenvalue weighted by Gasteiger charge is -2.06. The number of aliphatic hydroxyl groups excluding tert-OH is 1. The molecular weight excluding hydrogens is 242 g/mol. The van der Waals surface area contributed by atoms with Gasteiger partial charge in [0.15, 0.2) is 0 Å². The lowest BCUT2D eigenvalue weighted by molar-refractivity contribution is 0.0699. The number of aryl methyl sites for hydroxylation is 1. The van der Waals surface area contributed by atoms with Crippen molar-refractivity contribution >= 4 is 16.9 Å². The Kier molecular flexibility index (Phi) is 3.90. The molecular formula is C15H19NO3. The van der Waals surface area contributed by atoms with Crippen LogP contribution in [0.3, 0.4) is 0 Å². The van der Waals surface area contributed by atoms with Crippen LogP contribution in [0, 0.1) is 6.92 Å². The number of benzene rings is 1. The number of rotatable bonds is 5. The fourth-order valence-corrected chi connectivity index (χ4v) is 2.73. The smallest absolute Gasteiger partial charge is 0.336 e. The van der Waals surface area contributed by atoms with Crippen LogP contribution in [0.4, 0.5) is 0 Å². The maximum absolute atomic E-state index is 11.4. The molecule has 1 heterocycles. The third-order valence-corrected chi connectivity index (χ3v) is 3.53. The molecule has 0 spiro atoms. The van der Waals surface area contributed by atoms with E-state index in [1.807, 2.05) is 17.6 Å². The SMILES string of the molecule is CCCc1c(C)n(CCO)c2cccc(C(=O)O)c12. The van der Waals surface area contributed by atoms with E-state index in [1.165, 1.54) is 0 Å². The highest BCUT2D eigenvalue weighted by Gasteiger charge is 2.18. The lowest BCUT2D eigenvalue weighted by Crippen LogP contribution is -2.04. The zero-order valence-corrected chi connectivity index (χ0v) is 11.3. The van der Waals surface area contributed by atoms with Gasteiger partial charge in [0, 0.05) is 23.1 Å². The van der Waals surface area contributed by atoms with Crippen LogP contribution in [0.15, 0.2) is 18.2 Å². The average Bonchev–Trinajstić information content (AvgIpc) is 2.65. The zero-order chi connectivity index (χ0) is 14.0. The van der Waals surface area contributed by atoms with Crippen LogP contribution < -0.4 is 0 Å². The fraction of sp³-hybridized carbons (Fsp3) is 0.400. The summed E-state index contributed by atoms with van der Waals surface area (Å²) in [5.41, 5.74) is 3.39. The summed E-state index contributed by atoms with van der Waals surface area (Å²) in [5.74, 6) is -0.899. The van der Waals surface area contributed by atoms with Crippen molar-refractivity contribution in [2.45, 2.75) is 33.2 Å². The van der Waals surface area contributed by atoms with E-state index in [9.17, 15) is 15.0 Å². The van der Waals surface area contributed by atoms with Gasteiger partial charge in [-0.25, -0.2) is 4.79 Å². The number of fused-ring (bicyclic) bond motifs is 1. The van der Waals surface area contributed by atoms with Crippen LogP contribution in [-0.4, -0.2) is 27.4 Å². The first-order chi connectivity index (χ1) is 9.11. The molecule has 0 atom stereocenters. The highest BCUT2D eigenvalue weighted by molar-refractivity contribution is 6.05.